The summed E-state index contributed by atoms with van der Waals surface area (Å²) in [6.07, 6.45) is 0.679. The van der Waals surface area contributed by atoms with Crippen molar-refractivity contribution in [3.8, 4) is 10.6 Å². The number of urea groups is 1. The van der Waals surface area contributed by atoms with Gasteiger partial charge in [-0.15, -0.1) is 11.3 Å². The Labute approximate surface area is 138 Å². The third-order valence-corrected chi connectivity index (χ3v) is 4.17. The van der Waals surface area contributed by atoms with Gasteiger partial charge in [-0.05, 0) is 6.07 Å². The minimum atomic E-state index is -0.196. The standard InChI is InChI=1S/C15H18ClN3O2S/c1-21-9-8-18-15(20)17-7-6-11-10-22-14(19-11)12-4-2-3-5-13(12)16/h2-5,10H,6-9H2,1H3,(H2,17,18,20). The van der Waals surface area contributed by atoms with Crippen molar-refractivity contribution < 1.29 is 9.53 Å². The molecule has 0 saturated heterocycles. The molecule has 1 aromatic carbocycles. The van der Waals surface area contributed by atoms with Crippen molar-refractivity contribution in [2.45, 2.75) is 6.42 Å². The Bertz CT molecular complexity index is 618. The maximum Gasteiger partial charge on any atom is 0.314 e. The third kappa shape index (κ3) is 4.98. The second kappa shape index (κ2) is 8.73. The quantitative estimate of drug-likeness (QED) is 0.762. The predicted octanol–water partition coefficient (Wildman–Crippen LogP) is 2.95. The van der Waals surface area contributed by atoms with Gasteiger partial charge in [-0.25, -0.2) is 9.78 Å². The van der Waals surface area contributed by atoms with Gasteiger partial charge in [-0.1, -0.05) is 29.8 Å². The highest BCUT2D eigenvalue weighted by atomic mass is 35.5. The molecule has 1 aromatic heterocycles. The van der Waals surface area contributed by atoms with Gasteiger partial charge in [-0.3, -0.25) is 0 Å². The fourth-order valence-corrected chi connectivity index (χ4v) is 2.99. The van der Waals surface area contributed by atoms with Crippen LogP contribution in [0.4, 0.5) is 4.79 Å². The van der Waals surface area contributed by atoms with E-state index in [4.69, 9.17) is 16.3 Å². The number of hydrogen-bond donors (Lipinski definition) is 2. The second-order valence-corrected chi connectivity index (χ2v) is 5.81. The van der Waals surface area contributed by atoms with Crippen molar-refractivity contribution in [2.75, 3.05) is 26.8 Å². The highest BCUT2D eigenvalue weighted by Crippen LogP contribution is 2.30. The van der Waals surface area contributed by atoms with Crippen LogP contribution in [0.3, 0.4) is 0 Å². The molecule has 118 valence electrons. The maximum atomic E-state index is 11.5. The lowest BCUT2D eigenvalue weighted by Gasteiger charge is -2.06. The molecule has 2 rings (SSSR count). The third-order valence-electron chi connectivity index (χ3n) is 2.91. The summed E-state index contributed by atoms with van der Waals surface area (Å²) in [5.41, 5.74) is 1.88. The average Bonchev–Trinajstić information content (AvgIpc) is 2.97. The van der Waals surface area contributed by atoms with Gasteiger partial charge >= 0.3 is 6.03 Å². The van der Waals surface area contributed by atoms with Crippen molar-refractivity contribution in [1.29, 1.82) is 0 Å². The fraction of sp³-hybridized carbons (Fsp3) is 0.333. The molecule has 2 N–H and O–H groups in total. The number of benzene rings is 1. The van der Waals surface area contributed by atoms with E-state index in [0.717, 1.165) is 16.3 Å². The van der Waals surface area contributed by atoms with Gasteiger partial charge in [0.05, 0.1) is 17.3 Å². The van der Waals surface area contributed by atoms with Gasteiger partial charge in [0.25, 0.3) is 0 Å². The van der Waals surface area contributed by atoms with Crippen LogP contribution in [0.2, 0.25) is 5.02 Å². The van der Waals surface area contributed by atoms with Gasteiger partial charge in [0.15, 0.2) is 0 Å². The van der Waals surface area contributed by atoms with Crippen molar-refractivity contribution in [3.05, 3.63) is 40.4 Å². The first-order chi connectivity index (χ1) is 10.7. The number of nitrogens with one attached hydrogen (secondary N) is 2. The second-order valence-electron chi connectivity index (χ2n) is 4.55. The van der Waals surface area contributed by atoms with Crippen molar-refractivity contribution in [1.82, 2.24) is 15.6 Å². The van der Waals surface area contributed by atoms with Gasteiger partial charge in [0.2, 0.25) is 0 Å². The zero-order valence-electron chi connectivity index (χ0n) is 12.3. The highest BCUT2D eigenvalue weighted by molar-refractivity contribution is 7.13. The first-order valence-corrected chi connectivity index (χ1v) is 8.16. The largest absolute Gasteiger partial charge is 0.383 e. The monoisotopic (exact) mass is 339 g/mol. The molecule has 0 aliphatic carbocycles. The molecule has 0 unspecified atom stereocenters. The van der Waals surface area contributed by atoms with Crippen LogP contribution in [0.25, 0.3) is 10.6 Å². The van der Waals surface area contributed by atoms with Crippen molar-refractivity contribution in [2.24, 2.45) is 0 Å². The van der Waals surface area contributed by atoms with Crippen LogP contribution >= 0.6 is 22.9 Å². The molecular weight excluding hydrogens is 322 g/mol. The normalized spacial score (nSPS) is 10.5. The number of carbonyl (C=O) groups is 1. The Morgan fingerprint density at radius 3 is 2.86 bits per heavy atom. The van der Waals surface area contributed by atoms with E-state index in [0.29, 0.717) is 31.1 Å². The number of nitrogens with zero attached hydrogens (tertiary/aromatic N) is 1. The molecule has 0 atom stereocenters. The van der Waals surface area contributed by atoms with Crippen LogP contribution in [-0.4, -0.2) is 37.8 Å². The number of hydrogen-bond acceptors (Lipinski definition) is 4. The van der Waals surface area contributed by atoms with Crippen LogP contribution in [0.5, 0.6) is 0 Å². The molecule has 0 saturated carbocycles. The molecule has 2 amide bonds. The van der Waals surface area contributed by atoms with E-state index in [-0.39, 0.29) is 6.03 Å². The summed E-state index contributed by atoms with van der Waals surface area (Å²) in [6.45, 7) is 1.53. The SMILES string of the molecule is COCCNC(=O)NCCc1csc(-c2ccccc2Cl)n1. The van der Waals surface area contributed by atoms with Crippen LogP contribution in [0.15, 0.2) is 29.6 Å². The minimum absolute atomic E-state index is 0.196. The lowest BCUT2D eigenvalue weighted by atomic mass is 10.2. The summed E-state index contributed by atoms with van der Waals surface area (Å²) in [6, 6.07) is 7.44. The van der Waals surface area contributed by atoms with Gasteiger partial charge in [-0.2, -0.15) is 0 Å². The number of aromatic nitrogens is 1. The summed E-state index contributed by atoms with van der Waals surface area (Å²) in [5.74, 6) is 0. The summed E-state index contributed by atoms with van der Waals surface area (Å²) in [4.78, 5) is 16.0. The van der Waals surface area contributed by atoms with Gasteiger partial charge in [0.1, 0.15) is 5.01 Å². The smallest absolute Gasteiger partial charge is 0.314 e. The first kappa shape index (κ1) is 16.7. The highest BCUT2D eigenvalue weighted by Gasteiger charge is 2.08. The number of halogens is 1. The molecule has 0 aliphatic heterocycles. The Balaban J connectivity index is 1.81. The molecule has 1 heterocycles. The molecule has 22 heavy (non-hydrogen) atoms. The molecule has 0 aliphatic rings. The van der Waals surface area contributed by atoms with E-state index in [9.17, 15) is 4.79 Å². The molecule has 7 heteroatoms. The van der Waals surface area contributed by atoms with E-state index in [1.807, 2.05) is 29.6 Å². The number of rotatable bonds is 7. The Kier molecular flexibility index (Phi) is 6.64. The van der Waals surface area contributed by atoms with Crippen molar-refractivity contribution in [3.63, 3.8) is 0 Å². The lowest BCUT2D eigenvalue weighted by Crippen LogP contribution is -2.38. The molecule has 0 bridgehead atoms. The zero-order chi connectivity index (χ0) is 15.8. The fourth-order valence-electron chi connectivity index (χ4n) is 1.81. The topological polar surface area (TPSA) is 63.2 Å². The van der Waals surface area contributed by atoms with Gasteiger partial charge in [0, 0.05) is 37.6 Å². The van der Waals surface area contributed by atoms with Gasteiger partial charge < -0.3 is 15.4 Å². The summed E-state index contributed by atoms with van der Waals surface area (Å²) in [5, 5.41) is 9.06. The van der Waals surface area contributed by atoms with Crippen molar-refractivity contribution >= 4 is 29.0 Å². The number of thiazole rings is 1. The average molecular weight is 340 g/mol. The Hall–Kier alpha value is -1.63. The van der Waals surface area contributed by atoms with E-state index >= 15 is 0 Å². The zero-order valence-corrected chi connectivity index (χ0v) is 13.8. The van der Waals surface area contributed by atoms with Crippen LogP contribution in [0.1, 0.15) is 5.69 Å². The molecular formula is C15H18ClN3O2S. The van der Waals surface area contributed by atoms with Crippen LogP contribution in [-0.2, 0) is 11.2 Å². The Morgan fingerprint density at radius 1 is 1.32 bits per heavy atom. The number of amides is 2. The van der Waals surface area contributed by atoms with Crippen LogP contribution in [0, 0.1) is 0 Å². The van der Waals surface area contributed by atoms with E-state index < -0.39 is 0 Å². The number of ether oxygens (including phenoxy) is 1. The summed E-state index contributed by atoms with van der Waals surface area (Å²) in [7, 11) is 1.60. The number of carbonyl (C=O) groups excluding carboxylic acids is 1. The van der Waals surface area contributed by atoms with Crippen LogP contribution < -0.4 is 10.6 Å². The molecule has 0 fully saturated rings. The van der Waals surface area contributed by atoms with E-state index in [1.165, 1.54) is 0 Å². The maximum absolute atomic E-state index is 11.5. The van der Waals surface area contributed by atoms with E-state index in [1.54, 1.807) is 18.4 Å². The lowest BCUT2D eigenvalue weighted by molar-refractivity contribution is 0.196. The minimum Gasteiger partial charge on any atom is -0.383 e. The predicted molar refractivity (Wildman–Crippen MR) is 89.5 cm³/mol. The molecule has 0 spiro atoms. The summed E-state index contributed by atoms with van der Waals surface area (Å²) < 4.78 is 4.86. The molecule has 2 aromatic rings. The molecule has 5 nitrogen and oxygen atoms in total. The number of methoxy groups -OCH3 is 1. The Morgan fingerprint density at radius 2 is 2.09 bits per heavy atom. The first-order valence-electron chi connectivity index (χ1n) is 6.90. The molecule has 0 radical (unpaired) electrons. The summed E-state index contributed by atoms with van der Waals surface area (Å²) >= 11 is 7.72. The van der Waals surface area contributed by atoms with E-state index in [2.05, 4.69) is 15.6 Å².